The number of aliphatic hydroxyl groups is 1. The molecule has 2 fully saturated rings. The van der Waals surface area contributed by atoms with Gasteiger partial charge in [-0.05, 0) is 43.4 Å². The van der Waals surface area contributed by atoms with Crippen LogP contribution in [-0.2, 0) is 0 Å². The first-order valence-corrected chi connectivity index (χ1v) is 5.89. The third-order valence-electron chi connectivity index (χ3n) is 4.39. The van der Waals surface area contributed by atoms with Gasteiger partial charge in [-0.15, -0.1) is 0 Å². The molecule has 2 aliphatic carbocycles. The van der Waals surface area contributed by atoms with E-state index in [0.29, 0.717) is 5.41 Å². The summed E-state index contributed by atoms with van der Waals surface area (Å²) in [7, 11) is 0. The maximum absolute atomic E-state index is 9.65. The minimum Gasteiger partial charge on any atom is -0.393 e. The van der Waals surface area contributed by atoms with E-state index in [1.165, 1.54) is 38.5 Å². The molecule has 0 radical (unpaired) electrons. The lowest BCUT2D eigenvalue weighted by molar-refractivity contribution is 0.0141. The van der Waals surface area contributed by atoms with Crippen molar-refractivity contribution in [3.8, 4) is 0 Å². The third-order valence-corrected chi connectivity index (χ3v) is 4.39. The van der Waals surface area contributed by atoms with Crippen molar-refractivity contribution in [2.45, 2.75) is 64.4 Å². The van der Waals surface area contributed by atoms with Crippen LogP contribution in [0, 0.1) is 11.3 Å². The van der Waals surface area contributed by atoms with Crippen molar-refractivity contribution in [3.63, 3.8) is 0 Å². The Kier molecular flexibility index (Phi) is 2.64. The maximum atomic E-state index is 9.65. The van der Waals surface area contributed by atoms with Gasteiger partial charge >= 0.3 is 0 Å². The first-order chi connectivity index (χ1) is 6.21. The number of hydrogen-bond donors (Lipinski definition) is 1. The van der Waals surface area contributed by atoms with Gasteiger partial charge in [0, 0.05) is 0 Å². The van der Waals surface area contributed by atoms with Crippen LogP contribution in [0.3, 0.4) is 0 Å². The highest BCUT2D eigenvalue weighted by atomic mass is 16.3. The molecular weight excluding hydrogens is 160 g/mol. The van der Waals surface area contributed by atoms with E-state index in [2.05, 4.69) is 6.92 Å². The molecule has 1 heteroatoms. The third kappa shape index (κ3) is 1.90. The Bertz CT molecular complexity index is 178. The molecule has 76 valence electrons. The van der Waals surface area contributed by atoms with E-state index >= 15 is 0 Å². The largest absolute Gasteiger partial charge is 0.393 e. The first-order valence-electron chi connectivity index (χ1n) is 5.89. The Morgan fingerprint density at radius 1 is 1.08 bits per heavy atom. The van der Waals surface area contributed by atoms with E-state index in [0.717, 1.165) is 18.8 Å². The molecule has 1 N–H and O–H groups in total. The van der Waals surface area contributed by atoms with Gasteiger partial charge in [-0.1, -0.05) is 26.2 Å². The predicted molar refractivity (Wildman–Crippen MR) is 54.5 cm³/mol. The second kappa shape index (κ2) is 3.61. The van der Waals surface area contributed by atoms with Crippen LogP contribution in [-0.4, -0.2) is 11.2 Å². The molecule has 0 aliphatic heterocycles. The molecule has 2 saturated carbocycles. The number of aliphatic hydroxyl groups excluding tert-OH is 1. The highest BCUT2D eigenvalue weighted by molar-refractivity contribution is 4.90. The fourth-order valence-corrected chi connectivity index (χ4v) is 3.32. The molecule has 0 saturated heterocycles. The molecule has 2 rings (SSSR count). The van der Waals surface area contributed by atoms with Gasteiger partial charge in [-0.25, -0.2) is 0 Å². The smallest absolute Gasteiger partial charge is 0.0543 e. The van der Waals surface area contributed by atoms with Crippen molar-refractivity contribution in [3.05, 3.63) is 0 Å². The van der Waals surface area contributed by atoms with Gasteiger partial charge in [0.15, 0.2) is 0 Å². The molecule has 3 atom stereocenters. The van der Waals surface area contributed by atoms with Gasteiger partial charge in [-0.2, -0.15) is 0 Å². The summed E-state index contributed by atoms with van der Waals surface area (Å²) in [6, 6.07) is 0. The zero-order valence-corrected chi connectivity index (χ0v) is 8.76. The molecule has 0 amide bonds. The van der Waals surface area contributed by atoms with Crippen LogP contribution in [0.1, 0.15) is 58.3 Å². The van der Waals surface area contributed by atoms with Gasteiger partial charge in [0.05, 0.1) is 6.10 Å². The predicted octanol–water partition coefficient (Wildman–Crippen LogP) is 3.12. The number of hydrogen-bond acceptors (Lipinski definition) is 1. The maximum Gasteiger partial charge on any atom is 0.0543 e. The van der Waals surface area contributed by atoms with Crippen LogP contribution in [0.15, 0.2) is 0 Å². The van der Waals surface area contributed by atoms with Crippen LogP contribution in [0.4, 0.5) is 0 Å². The number of rotatable bonds is 0. The van der Waals surface area contributed by atoms with Gasteiger partial charge in [0.25, 0.3) is 0 Å². The Balaban J connectivity index is 2.07. The minimum atomic E-state index is 0.0103. The summed E-state index contributed by atoms with van der Waals surface area (Å²) in [6.45, 7) is 2.45. The van der Waals surface area contributed by atoms with Crippen molar-refractivity contribution in [1.82, 2.24) is 0 Å². The zero-order chi connectivity index (χ0) is 9.31. The van der Waals surface area contributed by atoms with Crippen molar-refractivity contribution in [2.75, 3.05) is 0 Å². The molecule has 0 spiro atoms. The Morgan fingerprint density at radius 3 is 2.77 bits per heavy atom. The van der Waals surface area contributed by atoms with Gasteiger partial charge in [-0.3, -0.25) is 0 Å². The molecule has 0 aromatic heterocycles. The van der Waals surface area contributed by atoms with Gasteiger partial charge < -0.3 is 5.11 Å². The van der Waals surface area contributed by atoms with Gasteiger partial charge in [0.1, 0.15) is 0 Å². The molecule has 0 unspecified atom stereocenters. The SMILES string of the molecule is C[C@@]12CCCCC[C@H]1C[C@H](O)CC2. The van der Waals surface area contributed by atoms with Crippen molar-refractivity contribution >= 4 is 0 Å². The number of fused-ring (bicyclic) bond motifs is 1. The Hall–Kier alpha value is -0.0400. The molecule has 1 nitrogen and oxygen atoms in total. The first kappa shape index (κ1) is 9.51. The van der Waals surface area contributed by atoms with E-state index < -0.39 is 0 Å². The molecule has 2 aliphatic rings. The quantitative estimate of drug-likeness (QED) is 0.610. The lowest BCUT2D eigenvalue weighted by atomic mass is 9.64. The van der Waals surface area contributed by atoms with Crippen molar-refractivity contribution in [2.24, 2.45) is 11.3 Å². The van der Waals surface area contributed by atoms with Crippen LogP contribution in [0.25, 0.3) is 0 Å². The molecule has 0 aromatic rings. The van der Waals surface area contributed by atoms with Crippen LogP contribution < -0.4 is 0 Å². The monoisotopic (exact) mass is 182 g/mol. The van der Waals surface area contributed by atoms with E-state index in [-0.39, 0.29) is 6.10 Å². The van der Waals surface area contributed by atoms with Crippen LogP contribution >= 0.6 is 0 Å². The highest BCUT2D eigenvalue weighted by Gasteiger charge is 2.39. The lowest BCUT2D eigenvalue weighted by Gasteiger charge is -2.42. The molecular formula is C12H22O. The summed E-state index contributed by atoms with van der Waals surface area (Å²) < 4.78 is 0. The summed E-state index contributed by atoms with van der Waals surface area (Å²) in [4.78, 5) is 0. The lowest BCUT2D eigenvalue weighted by Crippen LogP contribution is -2.35. The van der Waals surface area contributed by atoms with E-state index in [1.54, 1.807) is 0 Å². The summed E-state index contributed by atoms with van der Waals surface area (Å²) in [5.74, 6) is 0.818. The van der Waals surface area contributed by atoms with Crippen molar-refractivity contribution in [1.29, 1.82) is 0 Å². The average Bonchev–Trinajstić information content (AvgIpc) is 2.28. The topological polar surface area (TPSA) is 20.2 Å². The highest BCUT2D eigenvalue weighted by Crippen LogP contribution is 2.48. The van der Waals surface area contributed by atoms with E-state index in [4.69, 9.17) is 0 Å². The zero-order valence-electron chi connectivity index (χ0n) is 8.76. The van der Waals surface area contributed by atoms with E-state index in [1.807, 2.05) is 0 Å². The Labute approximate surface area is 81.5 Å². The summed E-state index contributed by atoms with van der Waals surface area (Å²) in [5, 5.41) is 9.65. The molecule has 0 bridgehead atoms. The van der Waals surface area contributed by atoms with Crippen LogP contribution in [0.5, 0.6) is 0 Å². The Morgan fingerprint density at radius 2 is 1.92 bits per heavy atom. The molecule has 13 heavy (non-hydrogen) atoms. The molecule has 0 heterocycles. The summed E-state index contributed by atoms with van der Waals surface area (Å²) in [5.41, 5.74) is 0.579. The summed E-state index contributed by atoms with van der Waals surface area (Å²) in [6.07, 6.45) is 10.4. The molecule has 0 aromatic carbocycles. The van der Waals surface area contributed by atoms with E-state index in [9.17, 15) is 5.11 Å². The normalized spacial score (nSPS) is 46.6. The fraction of sp³-hybridized carbons (Fsp3) is 1.00. The summed E-state index contributed by atoms with van der Waals surface area (Å²) >= 11 is 0. The minimum absolute atomic E-state index is 0.0103. The van der Waals surface area contributed by atoms with Crippen molar-refractivity contribution < 1.29 is 5.11 Å². The fourth-order valence-electron chi connectivity index (χ4n) is 3.32. The van der Waals surface area contributed by atoms with Gasteiger partial charge in [0.2, 0.25) is 0 Å². The van der Waals surface area contributed by atoms with Crippen LogP contribution in [0.2, 0.25) is 0 Å². The second-order valence-electron chi connectivity index (χ2n) is 5.38. The average molecular weight is 182 g/mol. The standard InChI is InChI=1S/C12H22O/c1-12-7-4-2-3-5-10(12)9-11(13)6-8-12/h10-11,13H,2-9H2,1H3/t10-,11+,12-/m0/s1. The second-order valence-corrected chi connectivity index (χ2v) is 5.38.